The lowest BCUT2D eigenvalue weighted by Crippen LogP contribution is -2.49. The molecular weight excluding hydrogens is 416 g/mol. The topological polar surface area (TPSA) is 78.4 Å². The van der Waals surface area contributed by atoms with Gasteiger partial charge in [-0.05, 0) is 63.8 Å². The van der Waals surface area contributed by atoms with Crippen LogP contribution in [0.3, 0.4) is 0 Å². The van der Waals surface area contributed by atoms with Crippen LogP contribution in [-0.2, 0) is 19.1 Å². The van der Waals surface area contributed by atoms with Crippen molar-refractivity contribution in [2.24, 2.45) is 0 Å². The zero-order chi connectivity index (χ0) is 23.0. The van der Waals surface area contributed by atoms with Gasteiger partial charge in [0, 0.05) is 30.0 Å². The molecular formula is C24H27ClN2O4. The average Bonchev–Trinajstić information content (AvgIpc) is 2.70. The molecule has 0 spiro atoms. The number of aromatic nitrogens is 2. The number of Topliss-reactive ketones (excluding diaryl/α,β-unsaturated/α-hetero) is 1. The molecule has 0 aliphatic carbocycles. The minimum absolute atomic E-state index is 0.121. The highest BCUT2D eigenvalue weighted by Gasteiger charge is 2.46. The van der Waals surface area contributed by atoms with Crippen LogP contribution >= 0.6 is 11.6 Å². The number of carbonyl (C=O) groups is 2. The van der Waals surface area contributed by atoms with E-state index in [0.717, 1.165) is 22.3 Å². The van der Waals surface area contributed by atoms with Gasteiger partial charge in [-0.2, -0.15) is 0 Å². The van der Waals surface area contributed by atoms with E-state index in [1.54, 1.807) is 13.8 Å². The van der Waals surface area contributed by atoms with Crippen molar-refractivity contribution in [1.82, 2.24) is 9.97 Å². The van der Waals surface area contributed by atoms with Crippen LogP contribution in [0.2, 0.25) is 5.02 Å². The first-order chi connectivity index (χ1) is 14.5. The van der Waals surface area contributed by atoms with E-state index < -0.39 is 11.2 Å². The molecule has 0 saturated carbocycles. The third kappa shape index (κ3) is 4.70. The summed E-state index contributed by atoms with van der Waals surface area (Å²) in [5, 5.41) is 0.451. The van der Waals surface area contributed by atoms with Gasteiger partial charge in [0.05, 0.1) is 17.7 Å². The van der Waals surface area contributed by atoms with E-state index in [4.69, 9.17) is 21.1 Å². The van der Waals surface area contributed by atoms with E-state index in [1.165, 1.54) is 19.5 Å². The summed E-state index contributed by atoms with van der Waals surface area (Å²) in [6.45, 7) is 9.35. The highest BCUT2D eigenvalue weighted by Crippen LogP contribution is 2.44. The fourth-order valence-corrected chi connectivity index (χ4v) is 4.11. The summed E-state index contributed by atoms with van der Waals surface area (Å²) in [7, 11) is 1.36. The second-order valence-corrected chi connectivity index (χ2v) is 9.07. The molecule has 0 amide bonds. The Labute approximate surface area is 187 Å². The van der Waals surface area contributed by atoms with Crippen LogP contribution < -0.4 is 0 Å². The molecule has 31 heavy (non-hydrogen) atoms. The molecule has 164 valence electrons. The molecule has 1 aromatic carbocycles. The zero-order valence-electron chi connectivity index (χ0n) is 18.7. The number of benzene rings is 1. The number of ether oxygens (including phenoxy) is 2. The van der Waals surface area contributed by atoms with Crippen molar-refractivity contribution >= 4 is 28.9 Å². The van der Waals surface area contributed by atoms with E-state index in [9.17, 15) is 9.59 Å². The van der Waals surface area contributed by atoms with Crippen LogP contribution in [0.4, 0.5) is 0 Å². The standard InChI is InChI=1S/C24H27ClN2O4/c1-14-7-8-15(22-26-12-16(25)13-27-22)11-17(14)20-18(9-10-19(28)30-6)23(2,3)31-24(4,5)21(20)29/h7-8,11-13H,9-10H2,1-6H3. The summed E-state index contributed by atoms with van der Waals surface area (Å²) in [5.41, 5.74) is 2.10. The summed E-state index contributed by atoms with van der Waals surface area (Å²) >= 11 is 5.92. The van der Waals surface area contributed by atoms with Crippen molar-refractivity contribution in [2.45, 2.75) is 58.7 Å². The number of methoxy groups -OCH3 is 1. The van der Waals surface area contributed by atoms with Gasteiger partial charge >= 0.3 is 5.97 Å². The predicted octanol–water partition coefficient (Wildman–Crippen LogP) is 4.97. The van der Waals surface area contributed by atoms with Gasteiger partial charge in [-0.3, -0.25) is 9.59 Å². The molecule has 0 N–H and O–H groups in total. The van der Waals surface area contributed by atoms with Gasteiger partial charge in [0.1, 0.15) is 5.60 Å². The van der Waals surface area contributed by atoms with Gasteiger partial charge in [-0.25, -0.2) is 9.97 Å². The molecule has 0 bridgehead atoms. The molecule has 2 heterocycles. The second kappa shape index (κ2) is 8.52. The van der Waals surface area contributed by atoms with Crippen LogP contribution in [0.5, 0.6) is 0 Å². The SMILES string of the molecule is COC(=O)CCC1=C(c2cc(-c3ncc(Cl)cn3)ccc2C)C(=O)C(C)(C)OC1(C)C. The lowest BCUT2D eigenvalue weighted by Gasteiger charge is -2.43. The molecule has 1 aromatic heterocycles. The number of aryl methyl sites for hydroxylation is 1. The van der Waals surface area contributed by atoms with Gasteiger partial charge in [0.25, 0.3) is 0 Å². The van der Waals surface area contributed by atoms with E-state index in [-0.39, 0.29) is 18.2 Å². The molecule has 1 aliphatic rings. The Kier molecular flexibility index (Phi) is 6.35. The quantitative estimate of drug-likeness (QED) is 0.608. The molecule has 2 aromatic rings. The first kappa shape index (κ1) is 23.1. The van der Waals surface area contributed by atoms with Gasteiger partial charge in [-0.15, -0.1) is 0 Å². The number of hydrogen-bond donors (Lipinski definition) is 0. The van der Waals surface area contributed by atoms with Crippen LogP contribution in [0.25, 0.3) is 17.0 Å². The van der Waals surface area contributed by atoms with Crippen LogP contribution in [-0.4, -0.2) is 40.0 Å². The Morgan fingerprint density at radius 1 is 1.13 bits per heavy atom. The van der Waals surface area contributed by atoms with E-state index in [1.807, 2.05) is 39.0 Å². The molecule has 1 aliphatic heterocycles. The maximum atomic E-state index is 13.6. The summed E-state index contributed by atoms with van der Waals surface area (Å²) in [6.07, 6.45) is 3.60. The third-order valence-electron chi connectivity index (χ3n) is 5.50. The smallest absolute Gasteiger partial charge is 0.305 e. The van der Waals surface area contributed by atoms with Gasteiger partial charge in [-0.1, -0.05) is 23.7 Å². The number of esters is 1. The summed E-state index contributed by atoms with van der Waals surface area (Å²) in [4.78, 5) is 34.0. The first-order valence-corrected chi connectivity index (χ1v) is 10.5. The minimum atomic E-state index is -1.01. The summed E-state index contributed by atoms with van der Waals surface area (Å²) < 4.78 is 11.0. The fourth-order valence-electron chi connectivity index (χ4n) is 4.02. The van der Waals surface area contributed by atoms with E-state index >= 15 is 0 Å². The second-order valence-electron chi connectivity index (χ2n) is 8.64. The Bertz CT molecular complexity index is 1060. The number of carbonyl (C=O) groups excluding carboxylic acids is 2. The monoisotopic (exact) mass is 442 g/mol. The van der Waals surface area contributed by atoms with Crippen molar-refractivity contribution in [1.29, 1.82) is 0 Å². The normalized spacial score (nSPS) is 17.6. The fraction of sp³-hybridized carbons (Fsp3) is 0.417. The Morgan fingerprint density at radius 2 is 1.77 bits per heavy atom. The molecule has 0 saturated heterocycles. The summed E-state index contributed by atoms with van der Waals surface area (Å²) in [6, 6.07) is 5.77. The number of nitrogens with zero attached hydrogens (tertiary/aromatic N) is 2. The van der Waals surface area contributed by atoms with Crippen molar-refractivity contribution in [2.75, 3.05) is 7.11 Å². The van der Waals surface area contributed by atoms with E-state index in [2.05, 4.69) is 9.97 Å². The molecule has 0 fully saturated rings. The molecule has 0 unspecified atom stereocenters. The predicted molar refractivity (Wildman–Crippen MR) is 120 cm³/mol. The molecule has 7 heteroatoms. The van der Waals surface area contributed by atoms with Crippen molar-refractivity contribution in [3.8, 4) is 11.4 Å². The van der Waals surface area contributed by atoms with Gasteiger partial charge < -0.3 is 9.47 Å². The lowest BCUT2D eigenvalue weighted by molar-refractivity contribution is -0.153. The number of rotatable bonds is 5. The maximum Gasteiger partial charge on any atom is 0.305 e. The maximum absolute atomic E-state index is 13.6. The van der Waals surface area contributed by atoms with Crippen LogP contribution in [0.15, 0.2) is 36.2 Å². The lowest BCUT2D eigenvalue weighted by atomic mass is 9.76. The highest BCUT2D eigenvalue weighted by atomic mass is 35.5. The number of hydrogen-bond acceptors (Lipinski definition) is 6. The van der Waals surface area contributed by atoms with Gasteiger partial charge in [0.2, 0.25) is 0 Å². The molecule has 6 nitrogen and oxygen atoms in total. The summed E-state index contributed by atoms with van der Waals surface area (Å²) in [5.74, 6) is 0.0596. The van der Waals surface area contributed by atoms with Gasteiger partial charge in [0.15, 0.2) is 11.6 Å². The molecule has 0 radical (unpaired) electrons. The highest BCUT2D eigenvalue weighted by molar-refractivity contribution is 6.30. The number of halogens is 1. The molecule has 0 atom stereocenters. The Hall–Kier alpha value is -2.57. The van der Waals surface area contributed by atoms with Crippen molar-refractivity contribution in [3.05, 3.63) is 52.3 Å². The Morgan fingerprint density at radius 3 is 2.39 bits per heavy atom. The zero-order valence-corrected chi connectivity index (χ0v) is 19.5. The third-order valence-corrected chi connectivity index (χ3v) is 5.70. The Balaban J connectivity index is 2.21. The van der Waals surface area contributed by atoms with Crippen LogP contribution in [0.1, 0.15) is 51.7 Å². The van der Waals surface area contributed by atoms with Crippen molar-refractivity contribution < 1.29 is 19.1 Å². The first-order valence-electron chi connectivity index (χ1n) is 10.1. The molecule has 3 rings (SSSR count). The average molecular weight is 443 g/mol. The minimum Gasteiger partial charge on any atom is -0.469 e. The van der Waals surface area contributed by atoms with E-state index in [0.29, 0.717) is 22.8 Å². The largest absolute Gasteiger partial charge is 0.469 e. The number of ketones is 1. The van der Waals surface area contributed by atoms with Crippen molar-refractivity contribution in [3.63, 3.8) is 0 Å². The van der Waals surface area contributed by atoms with Crippen LogP contribution in [0, 0.1) is 6.92 Å².